The molecule has 0 saturated carbocycles. The number of hydrogen-bond acceptors (Lipinski definition) is 7. The van der Waals surface area contributed by atoms with Crippen molar-refractivity contribution < 1.29 is 26.4 Å². The molecule has 1 aliphatic rings. The maximum absolute atomic E-state index is 13.8. The minimum absolute atomic E-state index is 0.0982. The van der Waals surface area contributed by atoms with Crippen LogP contribution in [0.2, 0.25) is 0 Å². The van der Waals surface area contributed by atoms with Gasteiger partial charge in [-0.1, -0.05) is 18.2 Å². The number of hydrogen-bond donors (Lipinski definition) is 3. The van der Waals surface area contributed by atoms with Crippen molar-refractivity contribution in [2.75, 3.05) is 33.1 Å². The lowest BCUT2D eigenvalue weighted by Gasteiger charge is -2.23. The van der Waals surface area contributed by atoms with Crippen LogP contribution in [0.5, 0.6) is 0 Å². The van der Waals surface area contributed by atoms with Crippen LogP contribution in [0.25, 0.3) is 0 Å². The van der Waals surface area contributed by atoms with Crippen LogP contribution in [0.4, 0.5) is 42.0 Å². The summed E-state index contributed by atoms with van der Waals surface area (Å²) in [5.74, 6) is -0.890. The van der Waals surface area contributed by atoms with Crippen LogP contribution in [0.15, 0.2) is 42.6 Å². The molecule has 1 aromatic heterocycles. The first kappa shape index (κ1) is 26.2. The van der Waals surface area contributed by atoms with E-state index in [1.165, 1.54) is 14.0 Å². The zero-order valence-corrected chi connectivity index (χ0v) is 21.1. The molecule has 3 N–H and O–H groups in total. The maximum atomic E-state index is 13.8. The van der Waals surface area contributed by atoms with E-state index in [2.05, 4.69) is 25.9 Å². The van der Waals surface area contributed by atoms with Crippen molar-refractivity contribution in [2.45, 2.75) is 33.0 Å². The number of nitrogens with one attached hydrogen (secondary N) is 3. The molecule has 0 saturated heterocycles. The van der Waals surface area contributed by atoms with Gasteiger partial charge in [-0.15, -0.1) is 0 Å². The van der Waals surface area contributed by atoms with Crippen LogP contribution >= 0.6 is 0 Å². The fourth-order valence-corrected chi connectivity index (χ4v) is 4.86. The number of nitrogens with zero attached hydrogens (tertiary/aromatic N) is 3. The summed E-state index contributed by atoms with van der Waals surface area (Å²) in [4.78, 5) is 19.7. The second-order valence-electron chi connectivity index (χ2n) is 8.43. The molecule has 1 amide bonds. The highest BCUT2D eigenvalue weighted by Gasteiger charge is 2.35. The average molecular weight is 535 g/mol. The van der Waals surface area contributed by atoms with Gasteiger partial charge in [0.15, 0.2) is 0 Å². The van der Waals surface area contributed by atoms with Gasteiger partial charge < -0.3 is 16.0 Å². The van der Waals surface area contributed by atoms with E-state index in [1.807, 2.05) is 0 Å². The molecule has 0 atom stereocenters. The van der Waals surface area contributed by atoms with Crippen LogP contribution in [0, 0.1) is 6.92 Å². The Balaban J connectivity index is 1.67. The zero-order valence-electron chi connectivity index (χ0n) is 20.3. The average Bonchev–Trinajstić information content (AvgIpc) is 3.23. The molecule has 0 bridgehead atoms. The van der Waals surface area contributed by atoms with Gasteiger partial charge in [-0.2, -0.15) is 18.2 Å². The predicted octanol–water partition coefficient (Wildman–Crippen LogP) is 4.44. The van der Waals surface area contributed by atoms with Crippen LogP contribution in [-0.4, -0.2) is 37.1 Å². The number of fused-ring (bicyclic) bond motifs is 1. The van der Waals surface area contributed by atoms with Crippen molar-refractivity contribution in [1.82, 2.24) is 9.97 Å². The number of benzene rings is 2. The zero-order chi connectivity index (χ0) is 27.0. The first-order valence-electron chi connectivity index (χ1n) is 11.3. The normalized spacial score (nSPS) is 13.2. The SMILES string of the molecule is CCS(=O)(=O)N(C)c1cccc(C)c1CNc1nc(Nc2cccc3c2CC(=O)N3)ncc1C(F)(F)F. The lowest BCUT2D eigenvalue weighted by molar-refractivity contribution is -0.137. The standard InChI is InChI=1S/C24H25F3N6O3S/c1-4-37(35,36)33(3)20-10-5-7-14(2)16(20)12-28-22-17(24(25,26)27)13-29-23(32-22)31-19-9-6-8-18-15(19)11-21(34)30-18/h5-10,13H,4,11-12H2,1-3H3,(H,30,34)(H2,28,29,31,32). The summed E-state index contributed by atoms with van der Waals surface area (Å²) in [5.41, 5.74) is 2.25. The van der Waals surface area contributed by atoms with Gasteiger partial charge in [0.1, 0.15) is 11.4 Å². The molecular formula is C24H25F3N6O3S. The molecule has 4 rings (SSSR count). The quantitative estimate of drug-likeness (QED) is 0.391. The topological polar surface area (TPSA) is 116 Å². The Kier molecular flexibility index (Phi) is 7.00. The van der Waals surface area contributed by atoms with Crippen LogP contribution in [-0.2, 0) is 34.0 Å². The summed E-state index contributed by atoms with van der Waals surface area (Å²) in [5, 5.41) is 8.34. The summed E-state index contributed by atoms with van der Waals surface area (Å²) in [7, 11) is -2.19. The predicted molar refractivity (Wildman–Crippen MR) is 135 cm³/mol. The lowest BCUT2D eigenvalue weighted by Crippen LogP contribution is -2.29. The fourth-order valence-electron chi connectivity index (χ4n) is 4.00. The minimum atomic E-state index is -4.73. The van der Waals surface area contributed by atoms with Gasteiger partial charge in [0, 0.05) is 36.7 Å². The molecule has 13 heteroatoms. The Morgan fingerprint density at radius 3 is 2.59 bits per heavy atom. The Hall–Kier alpha value is -3.87. The number of halogens is 3. The number of amides is 1. The highest BCUT2D eigenvalue weighted by atomic mass is 32.2. The molecule has 0 aliphatic carbocycles. The lowest BCUT2D eigenvalue weighted by atomic mass is 10.1. The molecule has 0 unspecified atom stereocenters. The Morgan fingerprint density at radius 1 is 1.16 bits per heavy atom. The smallest absolute Gasteiger partial charge is 0.365 e. The van der Waals surface area contributed by atoms with E-state index in [-0.39, 0.29) is 30.6 Å². The van der Waals surface area contributed by atoms with Crippen LogP contribution in [0.3, 0.4) is 0 Å². The van der Waals surface area contributed by atoms with E-state index in [0.717, 1.165) is 4.31 Å². The van der Waals surface area contributed by atoms with Gasteiger partial charge in [0.25, 0.3) is 0 Å². The molecule has 37 heavy (non-hydrogen) atoms. The van der Waals surface area contributed by atoms with Gasteiger partial charge in [0.2, 0.25) is 21.9 Å². The van der Waals surface area contributed by atoms with Crippen molar-refractivity contribution in [1.29, 1.82) is 0 Å². The summed E-state index contributed by atoms with van der Waals surface area (Å²) in [6.45, 7) is 3.14. The molecule has 196 valence electrons. The number of carbonyl (C=O) groups is 1. The third-order valence-electron chi connectivity index (χ3n) is 6.07. The number of carbonyl (C=O) groups excluding carboxylic acids is 1. The largest absolute Gasteiger partial charge is 0.421 e. The minimum Gasteiger partial charge on any atom is -0.365 e. The second kappa shape index (κ2) is 9.88. The van der Waals surface area contributed by atoms with E-state index in [0.29, 0.717) is 39.9 Å². The summed E-state index contributed by atoms with van der Waals surface area (Å²) >= 11 is 0. The summed E-state index contributed by atoms with van der Waals surface area (Å²) < 4.78 is 67.3. The van der Waals surface area contributed by atoms with Crippen LogP contribution < -0.4 is 20.3 Å². The van der Waals surface area contributed by atoms with Gasteiger partial charge >= 0.3 is 6.18 Å². The third kappa shape index (κ3) is 5.45. The second-order valence-corrected chi connectivity index (χ2v) is 10.7. The molecular weight excluding hydrogens is 509 g/mol. The van der Waals surface area contributed by atoms with Crippen molar-refractivity contribution in [3.8, 4) is 0 Å². The van der Waals surface area contributed by atoms with Crippen molar-refractivity contribution in [3.63, 3.8) is 0 Å². The summed E-state index contributed by atoms with van der Waals surface area (Å²) in [6.07, 6.45) is -3.94. The van der Waals surface area contributed by atoms with Gasteiger partial charge in [-0.3, -0.25) is 9.10 Å². The number of aromatic nitrogens is 2. The van der Waals surface area contributed by atoms with Crippen molar-refractivity contribution >= 4 is 44.8 Å². The first-order chi connectivity index (χ1) is 17.4. The van der Waals surface area contributed by atoms with Gasteiger partial charge in [-0.25, -0.2) is 13.4 Å². The Labute approximate surface area is 212 Å². The Bertz CT molecular complexity index is 1460. The highest BCUT2D eigenvalue weighted by molar-refractivity contribution is 7.92. The molecule has 0 radical (unpaired) electrons. The van der Waals surface area contributed by atoms with Gasteiger partial charge in [0.05, 0.1) is 17.9 Å². The molecule has 0 fully saturated rings. The van der Waals surface area contributed by atoms with E-state index in [4.69, 9.17) is 0 Å². The molecule has 2 aromatic carbocycles. The number of alkyl halides is 3. The van der Waals surface area contributed by atoms with E-state index in [9.17, 15) is 26.4 Å². The van der Waals surface area contributed by atoms with Crippen molar-refractivity contribution in [3.05, 3.63) is 64.8 Å². The molecule has 2 heterocycles. The monoisotopic (exact) mass is 534 g/mol. The van der Waals surface area contributed by atoms with E-state index >= 15 is 0 Å². The van der Waals surface area contributed by atoms with E-state index in [1.54, 1.807) is 43.3 Å². The number of aryl methyl sites for hydroxylation is 1. The third-order valence-corrected chi connectivity index (χ3v) is 7.83. The molecule has 3 aromatic rings. The van der Waals surface area contributed by atoms with Crippen LogP contribution in [0.1, 0.15) is 29.2 Å². The van der Waals surface area contributed by atoms with E-state index < -0.39 is 27.6 Å². The summed E-state index contributed by atoms with van der Waals surface area (Å²) in [6, 6.07) is 10.1. The number of sulfonamides is 1. The van der Waals surface area contributed by atoms with Gasteiger partial charge in [-0.05, 0) is 43.2 Å². The first-order valence-corrected chi connectivity index (χ1v) is 12.9. The molecule has 1 aliphatic heterocycles. The molecule has 0 spiro atoms. The Morgan fingerprint density at radius 2 is 1.89 bits per heavy atom. The molecule has 9 nitrogen and oxygen atoms in total. The fraction of sp³-hybridized carbons (Fsp3) is 0.292. The number of rotatable bonds is 8. The maximum Gasteiger partial charge on any atom is 0.421 e. The van der Waals surface area contributed by atoms with Crippen molar-refractivity contribution in [2.24, 2.45) is 0 Å². The number of anilines is 5. The highest BCUT2D eigenvalue weighted by Crippen LogP contribution is 2.36.